The number of carbonyl (C=O) groups is 13. The molecule has 0 spiro atoms. The van der Waals surface area contributed by atoms with Crippen LogP contribution >= 0.6 is 0 Å². The lowest BCUT2D eigenvalue weighted by molar-refractivity contribution is -0.138. The molecule has 0 radical (unpaired) electrons. The van der Waals surface area contributed by atoms with E-state index < -0.39 is 161 Å². The minimum atomic E-state index is -1.82. The van der Waals surface area contributed by atoms with E-state index in [1.807, 2.05) is 64.1 Å². The molecule has 3 unspecified atom stereocenters. The van der Waals surface area contributed by atoms with Crippen LogP contribution in [0.2, 0.25) is 0 Å². The van der Waals surface area contributed by atoms with Gasteiger partial charge >= 0.3 is 0 Å². The Morgan fingerprint density at radius 1 is 0.575 bits per heavy atom. The number of primary amides is 1. The number of aromatic hydroxyl groups is 1. The smallest absolute Gasteiger partial charge is 0.246 e. The highest BCUT2D eigenvalue weighted by atomic mass is 16.3. The second-order valence-corrected chi connectivity index (χ2v) is 31.0. The third-order valence-corrected chi connectivity index (χ3v) is 20.1. The van der Waals surface area contributed by atoms with Crippen molar-refractivity contribution in [1.82, 2.24) is 63.5 Å². The summed E-state index contributed by atoms with van der Waals surface area (Å²) in [7, 11) is 0. The largest absolute Gasteiger partial charge is 0.508 e. The van der Waals surface area contributed by atoms with Crippen molar-refractivity contribution in [2.75, 3.05) is 6.61 Å². The van der Waals surface area contributed by atoms with Crippen LogP contribution in [0.1, 0.15) is 175 Å². The maximum atomic E-state index is 15.2. The number of hydrogen-bond acceptors (Lipinski definition) is 16. The molecule has 1 aliphatic rings. The SMILES string of the molecule is CC(=O)N[C@@H](CC(C)C)C(=O)N[C@H](C(=O)N[C@@H](Cc1ccccc1)C(=O)N[C@]1(C)CCCCCCC=CCCC[C@@](C)(C(=O)NC(CO)C(=O)N[C@@H](C)C(=O)NC(Cc2ccccc2)C(N)=O)NC(=O)[C@H](CC(C)C)CCC(=O)[C@H](Cc2c[nH]c3ccccc23)NC(=O)[C@H](Cc2ccc(O)cc2)NC(=O)C(C)NC1=O)[C@@H](C)O. The maximum absolute atomic E-state index is 15.2. The van der Waals surface area contributed by atoms with E-state index in [2.05, 4.69) is 63.5 Å². The van der Waals surface area contributed by atoms with Gasteiger partial charge in [-0.25, -0.2) is 0 Å². The van der Waals surface area contributed by atoms with E-state index in [1.165, 1.54) is 53.7 Å². The number of carbonyl (C=O) groups excluding carboxylic acids is 13. The van der Waals surface area contributed by atoms with E-state index in [9.17, 15) is 58.5 Å². The normalized spacial score (nSPS) is 21.5. The molecule has 2 heterocycles. The number of fused-ring (bicyclic) bond motifs is 1. The van der Waals surface area contributed by atoms with Gasteiger partial charge in [-0.3, -0.25) is 62.3 Å². The number of H-pyrrole nitrogens is 1. The first kappa shape index (κ1) is 91.1. The number of amides is 12. The number of para-hydroxylation sites is 1. The van der Waals surface area contributed by atoms with Crippen molar-refractivity contribution in [3.05, 3.63) is 150 Å². The molecule has 1 aliphatic heterocycles. The van der Waals surface area contributed by atoms with Crippen LogP contribution in [0.15, 0.2) is 128 Å². The second-order valence-electron chi connectivity index (χ2n) is 31.0. The van der Waals surface area contributed by atoms with Crippen LogP contribution < -0.4 is 64.2 Å². The summed E-state index contributed by atoms with van der Waals surface area (Å²) in [5, 5.41) is 62.5. The molecule has 6 rings (SSSR count). The van der Waals surface area contributed by atoms with Gasteiger partial charge in [0.05, 0.1) is 18.8 Å². The van der Waals surface area contributed by atoms with Crippen LogP contribution in [0.3, 0.4) is 0 Å². The number of aromatic amines is 1. The van der Waals surface area contributed by atoms with Crippen LogP contribution in [0.4, 0.5) is 0 Å². The Balaban J connectivity index is 1.34. The average Bonchev–Trinajstić information content (AvgIpc) is 1.81. The van der Waals surface area contributed by atoms with E-state index >= 15 is 19.2 Å². The number of phenols is 1. The summed E-state index contributed by atoms with van der Waals surface area (Å²) in [6, 6.07) is 18.3. The van der Waals surface area contributed by atoms with Crippen molar-refractivity contribution in [3.8, 4) is 5.75 Å². The van der Waals surface area contributed by atoms with Gasteiger partial charge in [-0.15, -0.1) is 0 Å². The lowest BCUT2D eigenvalue weighted by Gasteiger charge is -2.33. The number of hydrogen-bond donors (Lipinski definition) is 16. The van der Waals surface area contributed by atoms with Crippen molar-refractivity contribution in [1.29, 1.82) is 0 Å². The molecule has 29 nitrogen and oxygen atoms in total. The Bertz CT molecular complexity index is 4080. The fourth-order valence-corrected chi connectivity index (χ4v) is 13.5. The molecule has 0 aliphatic carbocycles. The van der Waals surface area contributed by atoms with Gasteiger partial charge in [-0.1, -0.05) is 150 Å². The van der Waals surface area contributed by atoms with Crippen LogP contribution in [-0.4, -0.2) is 175 Å². The minimum absolute atomic E-state index is 0.000995. The average molecular weight is 1560 g/mol. The molecule has 1 aromatic heterocycles. The number of aliphatic hydroxyl groups is 2. The summed E-state index contributed by atoms with van der Waals surface area (Å²) in [5.41, 5.74) is 5.20. The lowest BCUT2D eigenvalue weighted by Crippen LogP contribution is -2.64. The molecular weight excluding hydrogens is 1450 g/mol. The summed E-state index contributed by atoms with van der Waals surface area (Å²) in [5.74, 6) is -11.3. The number of Topliss-reactive ketones (excluding diaryl/α,β-unsaturated/α-hetero) is 1. The van der Waals surface area contributed by atoms with Crippen LogP contribution in [0.25, 0.3) is 10.9 Å². The zero-order chi connectivity index (χ0) is 83.1. The van der Waals surface area contributed by atoms with Gasteiger partial charge in [0.25, 0.3) is 0 Å². The fourth-order valence-electron chi connectivity index (χ4n) is 13.5. The number of rotatable bonds is 28. The summed E-state index contributed by atoms with van der Waals surface area (Å²) >= 11 is 0. The highest BCUT2D eigenvalue weighted by Gasteiger charge is 2.42. The number of aromatic nitrogens is 1. The highest BCUT2D eigenvalue weighted by Crippen LogP contribution is 2.26. The molecule has 0 bridgehead atoms. The summed E-state index contributed by atoms with van der Waals surface area (Å²) < 4.78 is 0. The summed E-state index contributed by atoms with van der Waals surface area (Å²) in [6.07, 6.45) is 7.29. The molecule has 5 aromatic rings. The van der Waals surface area contributed by atoms with Crippen molar-refractivity contribution >= 4 is 87.6 Å². The van der Waals surface area contributed by atoms with E-state index in [4.69, 9.17) is 5.73 Å². The first-order valence-corrected chi connectivity index (χ1v) is 39.1. The van der Waals surface area contributed by atoms with E-state index in [-0.39, 0.29) is 81.8 Å². The highest BCUT2D eigenvalue weighted by molar-refractivity contribution is 6.01. The summed E-state index contributed by atoms with van der Waals surface area (Å²) in [4.78, 5) is 188. The minimum Gasteiger partial charge on any atom is -0.508 e. The number of nitrogens with two attached hydrogens (primary N) is 1. The molecule has 0 fully saturated rings. The van der Waals surface area contributed by atoms with Crippen molar-refractivity contribution in [2.45, 2.75) is 250 Å². The van der Waals surface area contributed by atoms with Crippen LogP contribution in [-0.2, 0) is 88.0 Å². The van der Waals surface area contributed by atoms with Gasteiger partial charge in [-0.2, -0.15) is 0 Å². The predicted molar refractivity (Wildman–Crippen MR) is 427 cm³/mol. The predicted octanol–water partition coefficient (Wildman–Crippen LogP) is 4.31. The topological polar surface area (TPSA) is 457 Å². The number of phenolic OH excluding ortho intramolecular Hbond substituents is 1. The van der Waals surface area contributed by atoms with Crippen molar-refractivity contribution in [2.24, 2.45) is 23.5 Å². The molecule has 113 heavy (non-hydrogen) atoms. The van der Waals surface area contributed by atoms with Gasteiger partial charge in [0.2, 0.25) is 70.9 Å². The molecule has 4 aromatic carbocycles. The molecular formula is C84H117N13O16. The Morgan fingerprint density at radius 3 is 1.78 bits per heavy atom. The van der Waals surface area contributed by atoms with Gasteiger partial charge in [0.15, 0.2) is 5.78 Å². The number of allylic oxidation sites excluding steroid dienone is 2. The number of nitrogens with one attached hydrogen (secondary N) is 12. The first-order valence-electron chi connectivity index (χ1n) is 39.1. The molecule has 12 amide bonds. The summed E-state index contributed by atoms with van der Waals surface area (Å²) in [6.45, 7) is 14.7. The maximum Gasteiger partial charge on any atom is 0.246 e. The van der Waals surface area contributed by atoms with Crippen LogP contribution in [0, 0.1) is 17.8 Å². The molecule has 614 valence electrons. The number of aliphatic hydroxyl groups excluding tert-OH is 2. The van der Waals surface area contributed by atoms with Gasteiger partial charge in [0, 0.05) is 62.0 Å². The van der Waals surface area contributed by atoms with Gasteiger partial charge < -0.3 is 84.5 Å². The van der Waals surface area contributed by atoms with Crippen molar-refractivity contribution in [3.63, 3.8) is 0 Å². The van der Waals surface area contributed by atoms with Gasteiger partial charge in [0.1, 0.15) is 65.2 Å². The Morgan fingerprint density at radius 2 is 1.17 bits per heavy atom. The van der Waals surface area contributed by atoms with E-state index in [1.54, 1.807) is 79.0 Å². The first-order chi connectivity index (χ1) is 53.6. The molecule has 0 saturated carbocycles. The standard InChI is InChI=1S/C84H117N13O16/c1-50(2)42-59-36-39-70(102)64(47-60-48-86-63-33-25-24-32-62(60)63)90-76(107)67(46-58-34-37-61(101)38-35-58)92-74(105)53(6)88-81(112)83(9,97-79(110)68(45-57-30-22-19-23-31-57)93-80(111)71(54(7)99)95-77(108)66(43-51(3)4)89-55(8)100)40-26-16-14-12-11-13-15-17-27-41-84(10,96-75(59)106)82(113)94-69(49-98)78(109)87-52(5)73(104)91-65(72(85)103)44-56-28-20-18-21-29-56/h13,15,18-25,28-35,37-38,48,50-54,59,64-69,71,86,98-99,101H,11-12,14,16-17,26-27,36,39-47,49H2,1-10H3,(H2,85,103)(H,87,109)(H,88,112)(H,89,100)(H,90,107)(H,91,104)(H,92,105)(H,93,111)(H,94,113)(H,95,108)(H,96,106)(H,97,110)/t52-,53?,54+,59-,64-,65?,66-,67-,68-,69?,71-,83+,84-/m0/s1. The molecule has 0 saturated heterocycles. The quantitative estimate of drug-likeness (QED) is 0.0310. The third kappa shape index (κ3) is 29.3. The Kier molecular flexibility index (Phi) is 35.8. The Hall–Kier alpha value is -10.8. The second kappa shape index (κ2) is 44.4. The molecule has 13 atom stereocenters. The zero-order valence-electron chi connectivity index (χ0n) is 66.6. The zero-order valence-corrected chi connectivity index (χ0v) is 66.6. The van der Waals surface area contributed by atoms with Crippen LogP contribution in [0.5, 0.6) is 5.75 Å². The fraction of sp³-hybridized carbons (Fsp3) is 0.512. The number of ketones is 1. The van der Waals surface area contributed by atoms with E-state index in [0.717, 1.165) is 10.9 Å². The van der Waals surface area contributed by atoms with Crippen molar-refractivity contribution < 1.29 is 77.6 Å². The number of benzene rings is 4. The monoisotopic (exact) mass is 1560 g/mol. The molecule has 29 heteroatoms. The Labute approximate surface area is 661 Å². The van der Waals surface area contributed by atoms with E-state index in [0.29, 0.717) is 67.2 Å². The lowest BCUT2D eigenvalue weighted by atomic mass is 9.87. The van der Waals surface area contributed by atoms with Gasteiger partial charge in [-0.05, 0) is 145 Å². The molecule has 17 N–H and O–H groups in total. The third-order valence-electron chi connectivity index (χ3n) is 20.1.